The molecule has 0 bridgehead atoms. The van der Waals surface area contributed by atoms with E-state index in [1.54, 1.807) is 4.90 Å². The highest BCUT2D eigenvalue weighted by Crippen LogP contribution is 2.29. The van der Waals surface area contributed by atoms with Crippen molar-refractivity contribution in [2.45, 2.75) is 59.0 Å². The number of piperidine rings is 1. The average molecular weight is 362 g/mol. The Kier molecular flexibility index (Phi) is 7.00. The lowest BCUT2D eigenvalue weighted by Crippen LogP contribution is -2.41. The molecule has 3 rings (SSSR count). The molecule has 1 amide bonds. The Bertz CT molecular complexity index is 599. The molecule has 0 spiro atoms. The van der Waals surface area contributed by atoms with E-state index in [0.29, 0.717) is 12.5 Å². The molecule has 0 saturated carbocycles. The number of rotatable bonds is 4. The maximum absolute atomic E-state index is 11.9. The number of hydrogen-bond acceptors (Lipinski definition) is 5. The summed E-state index contributed by atoms with van der Waals surface area (Å²) in [5.74, 6) is 0.397. The standard InChI is InChI=1S/C15H27NO4.C5H3N/c1-12(17)19-11-5-6-13-7-9-16(10-8-13)14(18)20-15(2,3)4;1-2-6-5-3-4(1)5/h13H,5-11H2,1-4H3;1-3H. The van der Waals surface area contributed by atoms with Crippen LogP contribution in [0.1, 0.15) is 53.4 Å². The first-order valence-corrected chi connectivity index (χ1v) is 9.32. The molecule has 0 N–H and O–H groups in total. The molecule has 6 heteroatoms. The molecule has 0 atom stereocenters. The molecule has 3 aliphatic rings. The molecular formula is C20H30N2O4. The Morgan fingerprint density at radius 1 is 1.27 bits per heavy atom. The third-order valence-corrected chi connectivity index (χ3v) is 4.30. The molecule has 144 valence electrons. The molecule has 6 nitrogen and oxygen atoms in total. The van der Waals surface area contributed by atoms with Crippen molar-refractivity contribution >= 4 is 12.1 Å². The van der Waals surface area contributed by atoms with E-state index in [4.69, 9.17) is 9.47 Å². The Balaban J connectivity index is 0.000000331. The first kappa shape index (κ1) is 20.2. The van der Waals surface area contributed by atoms with Gasteiger partial charge in [-0.2, -0.15) is 0 Å². The van der Waals surface area contributed by atoms with Gasteiger partial charge in [-0.05, 0) is 64.5 Å². The lowest BCUT2D eigenvalue weighted by molar-refractivity contribution is -0.141. The molecule has 1 saturated heterocycles. The zero-order valence-electron chi connectivity index (χ0n) is 16.3. The van der Waals surface area contributed by atoms with E-state index in [2.05, 4.69) is 11.1 Å². The van der Waals surface area contributed by atoms with Crippen LogP contribution < -0.4 is 0 Å². The van der Waals surface area contributed by atoms with Gasteiger partial charge in [-0.25, -0.2) is 4.79 Å². The van der Waals surface area contributed by atoms with Crippen LogP contribution in [0.4, 0.5) is 4.79 Å². The highest BCUT2D eigenvalue weighted by molar-refractivity contribution is 5.75. The fourth-order valence-corrected chi connectivity index (χ4v) is 2.87. The zero-order valence-corrected chi connectivity index (χ0v) is 16.3. The fraction of sp³-hybridized carbons (Fsp3) is 0.650. The lowest BCUT2D eigenvalue weighted by atomic mass is 9.92. The van der Waals surface area contributed by atoms with Crippen molar-refractivity contribution in [2.24, 2.45) is 5.92 Å². The minimum absolute atomic E-state index is 0.212. The number of hydrogen-bond donors (Lipinski definition) is 0. The summed E-state index contributed by atoms with van der Waals surface area (Å²) in [5.41, 5.74) is 2.06. The molecule has 0 aromatic heterocycles. The third kappa shape index (κ3) is 7.42. The number of pyridine rings is 1. The van der Waals surface area contributed by atoms with Crippen molar-refractivity contribution < 1.29 is 19.1 Å². The van der Waals surface area contributed by atoms with E-state index in [-0.39, 0.29) is 12.1 Å². The van der Waals surface area contributed by atoms with Crippen LogP contribution in [0, 0.1) is 5.92 Å². The van der Waals surface area contributed by atoms with Crippen molar-refractivity contribution in [3.8, 4) is 11.3 Å². The molecule has 1 aliphatic carbocycles. The minimum atomic E-state index is -0.433. The Morgan fingerprint density at radius 2 is 1.96 bits per heavy atom. The first-order valence-electron chi connectivity index (χ1n) is 9.32. The van der Waals surface area contributed by atoms with E-state index < -0.39 is 5.60 Å². The van der Waals surface area contributed by atoms with Gasteiger partial charge in [0, 0.05) is 31.8 Å². The molecule has 0 aromatic rings. The predicted octanol–water partition coefficient (Wildman–Crippen LogP) is 4.04. The highest BCUT2D eigenvalue weighted by Gasteiger charge is 2.26. The number of carbonyl (C=O) groups is 2. The zero-order chi connectivity index (χ0) is 19.2. The Morgan fingerprint density at radius 3 is 2.38 bits per heavy atom. The topological polar surface area (TPSA) is 68.7 Å². The van der Waals surface area contributed by atoms with Gasteiger partial charge in [0.05, 0.1) is 12.3 Å². The number of ether oxygens (including phenoxy) is 2. The molecule has 2 aliphatic heterocycles. The number of nitrogens with zero attached hydrogens (tertiary/aromatic N) is 2. The van der Waals surface area contributed by atoms with E-state index in [9.17, 15) is 9.59 Å². The van der Waals surface area contributed by atoms with Crippen LogP contribution in [0.15, 0.2) is 18.3 Å². The van der Waals surface area contributed by atoms with Crippen LogP contribution in [0.3, 0.4) is 0 Å². The smallest absolute Gasteiger partial charge is 0.410 e. The lowest BCUT2D eigenvalue weighted by Gasteiger charge is -2.33. The molecule has 0 unspecified atom stereocenters. The van der Waals surface area contributed by atoms with Gasteiger partial charge < -0.3 is 14.4 Å². The second kappa shape index (κ2) is 9.01. The quantitative estimate of drug-likeness (QED) is 0.606. The van der Waals surface area contributed by atoms with Gasteiger partial charge in [0.1, 0.15) is 5.60 Å². The third-order valence-electron chi connectivity index (χ3n) is 4.30. The second-order valence-corrected chi connectivity index (χ2v) is 7.82. The van der Waals surface area contributed by atoms with Crippen molar-refractivity contribution in [3.63, 3.8) is 0 Å². The fourth-order valence-electron chi connectivity index (χ4n) is 2.87. The SMILES string of the molecule is CC(=O)OCCCC1CCN(C(=O)OC(C)(C)C)CC1.c1cc2cc-2n1. The highest BCUT2D eigenvalue weighted by atomic mass is 16.6. The van der Waals surface area contributed by atoms with Crippen molar-refractivity contribution in [1.29, 1.82) is 0 Å². The maximum atomic E-state index is 11.9. The summed E-state index contributed by atoms with van der Waals surface area (Å²) in [6.07, 6.45) is 5.56. The van der Waals surface area contributed by atoms with E-state index in [1.807, 2.05) is 33.0 Å². The number of amides is 1. The normalized spacial score (nSPS) is 15.6. The number of carbonyl (C=O) groups excluding carboxylic acids is 2. The molecule has 0 radical (unpaired) electrons. The van der Waals surface area contributed by atoms with Crippen molar-refractivity contribution in [1.82, 2.24) is 9.88 Å². The van der Waals surface area contributed by atoms with Crippen LogP contribution in [0.25, 0.3) is 11.3 Å². The summed E-state index contributed by atoms with van der Waals surface area (Å²) in [5, 5.41) is 0. The van der Waals surface area contributed by atoms with Crippen LogP contribution in [0.5, 0.6) is 0 Å². The molecule has 2 heterocycles. The summed E-state index contributed by atoms with van der Waals surface area (Å²) >= 11 is 0. The van der Waals surface area contributed by atoms with Crippen molar-refractivity contribution in [3.05, 3.63) is 18.3 Å². The number of esters is 1. The average Bonchev–Trinajstić information content (AvgIpc) is 3.16. The monoisotopic (exact) mass is 362 g/mol. The van der Waals surface area contributed by atoms with Crippen LogP contribution >= 0.6 is 0 Å². The van der Waals surface area contributed by atoms with E-state index >= 15 is 0 Å². The molecule has 0 aromatic carbocycles. The molecule has 26 heavy (non-hydrogen) atoms. The minimum Gasteiger partial charge on any atom is -0.466 e. The molecule has 1 fully saturated rings. The largest absolute Gasteiger partial charge is 0.466 e. The summed E-state index contributed by atoms with van der Waals surface area (Å²) in [7, 11) is 0. The van der Waals surface area contributed by atoms with Gasteiger partial charge in [0.25, 0.3) is 0 Å². The maximum Gasteiger partial charge on any atom is 0.410 e. The van der Waals surface area contributed by atoms with Gasteiger partial charge in [-0.15, -0.1) is 0 Å². The number of fused-ring (bicyclic) bond motifs is 1. The van der Waals surface area contributed by atoms with E-state index in [1.165, 1.54) is 18.2 Å². The van der Waals surface area contributed by atoms with E-state index in [0.717, 1.165) is 38.8 Å². The molecular weight excluding hydrogens is 332 g/mol. The summed E-state index contributed by atoms with van der Waals surface area (Å²) in [6, 6.07) is 4.06. The van der Waals surface area contributed by atoms with Gasteiger partial charge in [0.15, 0.2) is 0 Å². The number of aromatic nitrogens is 1. The summed E-state index contributed by atoms with van der Waals surface area (Å²) < 4.78 is 10.3. The van der Waals surface area contributed by atoms with Crippen molar-refractivity contribution in [2.75, 3.05) is 19.7 Å². The summed E-state index contributed by atoms with van der Waals surface area (Å²) in [4.78, 5) is 28.3. The predicted molar refractivity (Wildman–Crippen MR) is 99.6 cm³/mol. The Hall–Kier alpha value is -2.11. The van der Waals surface area contributed by atoms with Gasteiger partial charge in [0.2, 0.25) is 0 Å². The van der Waals surface area contributed by atoms with Crippen LogP contribution in [0.2, 0.25) is 0 Å². The van der Waals surface area contributed by atoms with Gasteiger partial charge >= 0.3 is 12.1 Å². The van der Waals surface area contributed by atoms with Gasteiger partial charge in [-0.3, -0.25) is 9.78 Å². The second-order valence-electron chi connectivity index (χ2n) is 7.82. The van der Waals surface area contributed by atoms with Crippen LogP contribution in [-0.4, -0.2) is 47.2 Å². The first-order chi connectivity index (χ1) is 12.2. The summed E-state index contributed by atoms with van der Waals surface area (Å²) in [6.45, 7) is 9.09. The van der Waals surface area contributed by atoms with Gasteiger partial charge in [-0.1, -0.05) is 0 Å². The van der Waals surface area contributed by atoms with Crippen LogP contribution in [-0.2, 0) is 14.3 Å². The Labute approximate surface area is 155 Å². The number of likely N-dealkylation sites (tertiary alicyclic amines) is 1.